The number of hydrogen-bond donors (Lipinski definition) is 0. The summed E-state index contributed by atoms with van der Waals surface area (Å²) in [6.07, 6.45) is 3.94. The maximum atomic E-state index is 9.26. The van der Waals surface area contributed by atoms with Crippen LogP contribution in [0, 0.1) is 22.7 Å². The van der Waals surface area contributed by atoms with Crippen LogP contribution in [0.1, 0.15) is 37.2 Å². The minimum absolute atomic E-state index is 0.175. The summed E-state index contributed by atoms with van der Waals surface area (Å²) in [6.45, 7) is 2.77. The maximum absolute atomic E-state index is 9.26. The number of nitriles is 2. The fourth-order valence-electron chi connectivity index (χ4n) is 3.69. The summed E-state index contributed by atoms with van der Waals surface area (Å²) in [7, 11) is 0. The van der Waals surface area contributed by atoms with Crippen molar-refractivity contribution in [1.82, 2.24) is 14.5 Å². The number of nitrogens with zero attached hydrogens (tertiary/aromatic N) is 5. The number of pyridine rings is 1. The molecule has 2 aromatic heterocycles. The van der Waals surface area contributed by atoms with Crippen LogP contribution >= 0.6 is 0 Å². The Morgan fingerprint density at radius 1 is 1.32 bits per heavy atom. The first-order valence-corrected chi connectivity index (χ1v) is 8.39. The number of hydrogen-bond acceptors (Lipinski definition) is 5. The van der Waals surface area contributed by atoms with E-state index in [2.05, 4.69) is 33.6 Å². The van der Waals surface area contributed by atoms with E-state index in [4.69, 9.17) is 4.74 Å². The minimum atomic E-state index is 0.175. The van der Waals surface area contributed by atoms with Gasteiger partial charge in [0.2, 0.25) is 0 Å². The summed E-state index contributed by atoms with van der Waals surface area (Å²) in [5, 5.41) is 19.4. The average Bonchev–Trinajstić information content (AvgIpc) is 3.00. The van der Waals surface area contributed by atoms with Gasteiger partial charge in [-0.1, -0.05) is 0 Å². The molecule has 25 heavy (non-hydrogen) atoms. The molecule has 0 amide bonds. The van der Waals surface area contributed by atoms with Gasteiger partial charge in [-0.2, -0.15) is 10.5 Å². The molecular weight excluding hydrogens is 314 g/mol. The van der Waals surface area contributed by atoms with Crippen LogP contribution in [-0.2, 0) is 11.2 Å². The van der Waals surface area contributed by atoms with Gasteiger partial charge >= 0.3 is 0 Å². The first kappa shape index (κ1) is 15.6. The summed E-state index contributed by atoms with van der Waals surface area (Å²) in [5.41, 5.74) is 3.16. The number of benzene rings is 1. The van der Waals surface area contributed by atoms with Crippen molar-refractivity contribution < 1.29 is 4.74 Å². The molecule has 6 heteroatoms. The molecule has 2 atom stereocenters. The molecule has 1 aliphatic heterocycles. The second-order valence-corrected chi connectivity index (χ2v) is 6.43. The molecule has 1 aromatic carbocycles. The minimum Gasteiger partial charge on any atom is -0.378 e. The highest BCUT2D eigenvalue weighted by Crippen LogP contribution is 2.33. The van der Waals surface area contributed by atoms with Crippen molar-refractivity contribution in [3.05, 3.63) is 35.8 Å². The lowest BCUT2D eigenvalue weighted by Crippen LogP contribution is -2.26. The predicted octanol–water partition coefficient (Wildman–Crippen LogP) is 3.26. The van der Waals surface area contributed by atoms with Crippen molar-refractivity contribution in [3.8, 4) is 12.1 Å². The van der Waals surface area contributed by atoms with Crippen molar-refractivity contribution >= 4 is 21.9 Å². The maximum Gasteiger partial charge on any atom is 0.124 e. The monoisotopic (exact) mass is 331 g/mol. The lowest BCUT2D eigenvalue weighted by Gasteiger charge is -2.30. The molecule has 0 N–H and O–H groups in total. The second kappa shape index (κ2) is 6.16. The van der Waals surface area contributed by atoms with E-state index in [1.54, 1.807) is 12.3 Å². The molecule has 0 radical (unpaired) electrons. The molecule has 4 rings (SSSR count). The van der Waals surface area contributed by atoms with Gasteiger partial charge in [-0.25, -0.2) is 4.98 Å². The molecule has 0 saturated carbocycles. The van der Waals surface area contributed by atoms with Crippen molar-refractivity contribution in [2.24, 2.45) is 0 Å². The Labute approximate surface area is 145 Å². The van der Waals surface area contributed by atoms with Crippen LogP contribution in [0.3, 0.4) is 0 Å². The number of ether oxygens (including phenoxy) is 1. The van der Waals surface area contributed by atoms with E-state index < -0.39 is 0 Å². The van der Waals surface area contributed by atoms with Gasteiger partial charge in [-0.3, -0.25) is 4.98 Å². The highest BCUT2D eigenvalue weighted by atomic mass is 16.5. The van der Waals surface area contributed by atoms with E-state index in [1.165, 1.54) is 0 Å². The van der Waals surface area contributed by atoms with Crippen molar-refractivity contribution in [1.29, 1.82) is 10.5 Å². The van der Waals surface area contributed by atoms with Gasteiger partial charge in [0.05, 0.1) is 47.5 Å². The third-order valence-electron chi connectivity index (χ3n) is 4.78. The van der Waals surface area contributed by atoms with Crippen molar-refractivity contribution in [2.45, 2.75) is 38.3 Å². The van der Waals surface area contributed by atoms with Gasteiger partial charge in [0.1, 0.15) is 11.3 Å². The summed E-state index contributed by atoms with van der Waals surface area (Å²) in [5.74, 6) is 0.758. The van der Waals surface area contributed by atoms with Gasteiger partial charge in [-0.05, 0) is 38.0 Å². The largest absolute Gasteiger partial charge is 0.378 e. The predicted molar refractivity (Wildman–Crippen MR) is 92.8 cm³/mol. The Bertz CT molecular complexity index is 1040. The SMILES string of the molecule is C[C@@H]1C[C@H](n2c(CC#N)nc3cnc4ccc(C#N)cc4c32)CCO1. The van der Waals surface area contributed by atoms with Crippen LogP contribution in [0.25, 0.3) is 21.9 Å². The van der Waals surface area contributed by atoms with Crippen molar-refractivity contribution in [2.75, 3.05) is 6.61 Å². The molecule has 3 heterocycles. The zero-order valence-electron chi connectivity index (χ0n) is 13.9. The molecule has 1 fully saturated rings. The Morgan fingerprint density at radius 2 is 2.20 bits per heavy atom. The van der Waals surface area contributed by atoms with Crippen LogP contribution in [-0.4, -0.2) is 27.2 Å². The topological polar surface area (TPSA) is 87.5 Å². The van der Waals surface area contributed by atoms with Gasteiger partial charge in [0.15, 0.2) is 0 Å². The third kappa shape index (κ3) is 2.61. The molecule has 3 aromatic rings. The Kier molecular flexibility index (Phi) is 3.83. The smallest absolute Gasteiger partial charge is 0.124 e. The number of rotatable bonds is 2. The van der Waals surface area contributed by atoms with E-state index in [0.29, 0.717) is 12.2 Å². The van der Waals surface area contributed by atoms with E-state index in [9.17, 15) is 10.5 Å². The van der Waals surface area contributed by atoms with Crippen LogP contribution < -0.4 is 0 Å². The first-order valence-electron chi connectivity index (χ1n) is 8.39. The van der Waals surface area contributed by atoms with E-state index in [1.807, 2.05) is 12.1 Å². The molecule has 0 unspecified atom stereocenters. The second-order valence-electron chi connectivity index (χ2n) is 6.43. The summed E-state index contributed by atoms with van der Waals surface area (Å²) >= 11 is 0. The molecule has 1 saturated heterocycles. The Hall–Kier alpha value is -2.96. The van der Waals surface area contributed by atoms with Gasteiger partial charge < -0.3 is 9.30 Å². The first-order chi connectivity index (χ1) is 12.2. The lowest BCUT2D eigenvalue weighted by atomic mass is 10.0. The fraction of sp³-hybridized carbons (Fsp3) is 0.368. The molecule has 1 aliphatic rings. The van der Waals surface area contributed by atoms with Gasteiger partial charge in [-0.15, -0.1) is 0 Å². The normalized spacial score (nSPS) is 20.4. The Balaban J connectivity index is 2.03. The third-order valence-corrected chi connectivity index (χ3v) is 4.78. The number of fused-ring (bicyclic) bond motifs is 3. The number of aromatic nitrogens is 3. The van der Waals surface area contributed by atoms with E-state index in [0.717, 1.165) is 40.6 Å². The van der Waals surface area contributed by atoms with Crippen LogP contribution in [0.5, 0.6) is 0 Å². The average molecular weight is 331 g/mol. The number of imidazole rings is 1. The highest BCUT2D eigenvalue weighted by Gasteiger charge is 2.26. The molecular formula is C19H17N5O. The van der Waals surface area contributed by atoms with Crippen molar-refractivity contribution in [3.63, 3.8) is 0 Å². The molecule has 0 aliphatic carbocycles. The zero-order chi connectivity index (χ0) is 17.4. The van der Waals surface area contributed by atoms with Crippen LogP contribution in [0.2, 0.25) is 0 Å². The van der Waals surface area contributed by atoms with Gasteiger partial charge in [0.25, 0.3) is 0 Å². The van der Waals surface area contributed by atoms with Gasteiger partial charge in [0, 0.05) is 18.0 Å². The summed E-state index contributed by atoms with van der Waals surface area (Å²) < 4.78 is 7.87. The quantitative estimate of drug-likeness (QED) is 0.719. The molecule has 6 nitrogen and oxygen atoms in total. The Morgan fingerprint density at radius 3 is 2.96 bits per heavy atom. The lowest BCUT2D eigenvalue weighted by molar-refractivity contribution is 0.00633. The molecule has 0 spiro atoms. The zero-order valence-corrected chi connectivity index (χ0v) is 13.9. The summed E-state index contributed by atoms with van der Waals surface area (Å²) in [4.78, 5) is 9.13. The highest BCUT2D eigenvalue weighted by molar-refractivity contribution is 6.02. The molecule has 124 valence electrons. The molecule has 0 bridgehead atoms. The summed E-state index contributed by atoms with van der Waals surface area (Å²) in [6, 6.07) is 10.1. The van der Waals surface area contributed by atoms with Crippen LogP contribution in [0.15, 0.2) is 24.4 Å². The standard InChI is InChI=1S/C19H17N5O/c1-12-8-14(5-7-25-12)24-18(4-6-20)23-17-11-22-16-3-2-13(10-21)9-15(16)19(17)24/h2-3,9,11-12,14H,4-5,7-8H2,1H3/t12-,14-/m1/s1. The fourth-order valence-corrected chi connectivity index (χ4v) is 3.69. The van der Waals surface area contributed by atoms with E-state index in [-0.39, 0.29) is 18.6 Å². The van der Waals surface area contributed by atoms with Crippen LogP contribution in [0.4, 0.5) is 0 Å². The van der Waals surface area contributed by atoms with E-state index >= 15 is 0 Å².